The molecule has 0 unspecified atom stereocenters. The van der Waals surface area contributed by atoms with Crippen molar-refractivity contribution in [3.05, 3.63) is 11.9 Å². The number of primary amides is 1. The molecule has 40 heavy (non-hydrogen) atoms. The highest BCUT2D eigenvalue weighted by Gasteiger charge is 2.53. The number of aromatic nitrogens is 3. The highest BCUT2D eigenvalue weighted by atomic mass is 35.5. The number of ketones is 1. The Balaban J connectivity index is 1.64. The van der Waals surface area contributed by atoms with E-state index in [1.54, 1.807) is 13.8 Å². The van der Waals surface area contributed by atoms with Gasteiger partial charge in [-0.1, -0.05) is 56.6 Å². The summed E-state index contributed by atoms with van der Waals surface area (Å²) in [6.45, 7) is 3.30. The Morgan fingerprint density at radius 3 is 2.38 bits per heavy atom. The van der Waals surface area contributed by atoms with E-state index in [9.17, 15) is 24.3 Å². The van der Waals surface area contributed by atoms with E-state index in [1.807, 2.05) is 0 Å². The number of hydrogen-bond donors (Lipinski definition) is 3. The smallest absolute Gasteiger partial charge is 0.287 e. The molecule has 1 aromatic heterocycles. The van der Waals surface area contributed by atoms with Crippen LogP contribution < -0.4 is 11.5 Å². The average molecular weight is 580 g/mol. The zero-order valence-electron chi connectivity index (χ0n) is 23.4. The maximum Gasteiger partial charge on any atom is 0.287 e. The van der Waals surface area contributed by atoms with Gasteiger partial charge in [0.2, 0.25) is 11.7 Å². The van der Waals surface area contributed by atoms with Crippen molar-refractivity contribution in [1.29, 1.82) is 0 Å². The minimum Gasteiger partial charge on any atom is -0.384 e. The van der Waals surface area contributed by atoms with E-state index in [1.165, 1.54) is 22.2 Å². The molecule has 3 aliphatic rings. The van der Waals surface area contributed by atoms with Crippen LogP contribution in [-0.4, -0.2) is 77.1 Å². The van der Waals surface area contributed by atoms with Gasteiger partial charge in [-0.25, -0.2) is 9.10 Å². The monoisotopic (exact) mass is 579 g/mol. The maximum absolute atomic E-state index is 14.1. The van der Waals surface area contributed by atoms with Crippen molar-refractivity contribution in [1.82, 2.24) is 24.3 Å². The first-order chi connectivity index (χ1) is 18.9. The number of Topliss-reactive ketones (excluding diaryl/α,β-unsaturated/α-hetero) is 1. The molecule has 3 amide bonds. The molecular formula is C27H42ClN7O5. The van der Waals surface area contributed by atoms with Gasteiger partial charge in [0.1, 0.15) is 17.2 Å². The van der Waals surface area contributed by atoms with Gasteiger partial charge in [-0.3, -0.25) is 19.2 Å². The third-order valence-electron chi connectivity index (χ3n) is 8.92. The first-order valence-corrected chi connectivity index (χ1v) is 14.7. The van der Waals surface area contributed by atoms with Crippen molar-refractivity contribution in [2.24, 2.45) is 17.4 Å². The molecule has 1 aromatic rings. The predicted octanol–water partition coefficient (Wildman–Crippen LogP) is 1.68. The summed E-state index contributed by atoms with van der Waals surface area (Å²) in [6.07, 6.45) is 10.0. The van der Waals surface area contributed by atoms with Crippen molar-refractivity contribution in [2.45, 2.75) is 120 Å². The van der Waals surface area contributed by atoms with Crippen LogP contribution in [0.2, 0.25) is 0 Å². The first kappa shape index (κ1) is 30.4. The minimum atomic E-state index is -1.56. The predicted molar refractivity (Wildman–Crippen MR) is 146 cm³/mol. The lowest BCUT2D eigenvalue weighted by molar-refractivity contribution is -0.151. The number of amides is 3. The Morgan fingerprint density at radius 1 is 1.15 bits per heavy atom. The van der Waals surface area contributed by atoms with E-state index in [2.05, 4.69) is 10.3 Å². The molecule has 222 valence electrons. The lowest BCUT2D eigenvalue weighted by Crippen LogP contribution is -2.61. The number of nitrogens with zero attached hydrogens (tertiary/aromatic N) is 5. The van der Waals surface area contributed by atoms with Crippen LogP contribution in [-0.2, 0) is 24.8 Å². The van der Waals surface area contributed by atoms with E-state index in [-0.39, 0.29) is 31.7 Å². The van der Waals surface area contributed by atoms with Gasteiger partial charge < -0.3 is 21.5 Å². The van der Waals surface area contributed by atoms with E-state index in [0.29, 0.717) is 30.9 Å². The van der Waals surface area contributed by atoms with Crippen molar-refractivity contribution < 1.29 is 24.3 Å². The fraction of sp³-hybridized carbons (Fsp3) is 0.778. The van der Waals surface area contributed by atoms with Gasteiger partial charge in [-0.15, -0.1) is 5.10 Å². The van der Waals surface area contributed by atoms with Gasteiger partial charge in [-0.2, -0.15) is 0 Å². The highest BCUT2D eigenvalue weighted by Crippen LogP contribution is 2.39. The fourth-order valence-electron chi connectivity index (χ4n) is 6.74. The molecule has 4 rings (SSSR count). The summed E-state index contributed by atoms with van der Waals surface area (Å²) in [4.78, 5) is 54.3. The number of nitrogens with two attached hydrogens (primary N) is 2. The molecule has 12 nitrogen and oxygen atoms in total. The summed E-state index contributed by atoms with van der Waals surface area (Å²) >= 11 is 6.68. The number of rotatable bonds is 9. The molecule has 13 heteroatoms. The maximum atomic E-state index is 14.1. The summed E-state index contributed by atoms with van der Waals surface area (Å²) in [7, 11) is 0. The van der Waals surface area contributed by atoms with Crippen molar-refractivity contribution in [2.75, 3.05) is 6.54 Å². The van der Waals surface area contributed by atoms with Gasteiger partial charge in [0.25, 0.3) is 11.8 Å². The highest BCUT2D eigenvalue weighted by molar-refractivity contribution is 6.41. The summed E-state index contributed by atoms with van der Waals surface area (Å²) in [5, 5.41) is 18.8. The molecule has 3 atom stereocenters. The van der Waals surface area contributed by atoms with Crippen LogP contribution in [0.3, 0.4) is 0 Å². The Bertz CT molecular complexity index is 1110. The van der Waals surface area contributed by atoms with Crippen LogP contribution >= 0.6 is 11.8 Å². The second-order valence-electron chi connectivity index (χ2n) is 12.3. The van der Waals surface area contributed by atoms with E-state index in [4.69, 9.17) is 23.2 Å². The number of aliphatic hydroxyl groups is 1. The topological polar surface area (TPSA) is 178 Å². The van der Waals surface area contributed by atoms with Crippen LogP contribution in [0.1, 0.15) is 103 Å². The van der Waals surface area contributed by atoms with Gasteiger partial charge in [-0.05, 0) is 39.0 Å². The number of hydrogen-bond acceptors (Lipinski definition) is 8. The SMILES string of the molecule is CC(C)(O)c1cnnn1[C@H]1C[C@@H](C(=O)N(Cl)C2(C(=O)C(N)=O)CCCCC2)N(C(=O)[C@H](N)CC2CCCCC2)C1. The van der Waals surface area contributed by atoms with E-state index < -0.39 is 46.9 Å². The lowest BCUT2D eigenvalue weighted by atomic mass is 9.78. The third kappa shape index (κ3) is 6.03. The standard InChI is InChI=1S/C27H42ClN7O5/c1-26(2,40)21-15-31-32-34(21)18-14-20(33(16-18)24(38)19(29)13-17-9-5-3-6-10-17)25(39)35(28)27(22(36)23(30)37)11-7-4-8-12-27/h15,17-20,40H,3-14,16,29H2,1-2H3,(H2,30,37)/t18-,19+,20-/m0/s1. The van der Waals surface area contributed by atoms with Crippen molar-refractivity contribution in [3.8, 4) is 0 Å². The van der Waals surface area contributed by atoms with Crippen LogP contribution in [0, 0.1) is 5.92 Å². The Hall–Kier alpha value is -2.57. The molecule has 2 heterocycles. The summed E-state index contributed by atoms with van der Waals surface area (Å²) in [5.74, 6) is -2.74. The summed E-state index contributed by atoms with van der Waals surface area (Å²) in [5.41, 5.74) is 9.43. The molecule has 5 N–H and O–H groups in total. The average Bonchev–Trinajstić information content (AvgIpc) is 3.60. The minimum absolute atomic E-state index is 0.0988. The Morgan fingerprint density at radius 2 is 1.77 bits per heavy atom. The van der Waals surface area contributed by atoms with Crippen LogP contribution in [0.25, 0.3) is 0 Å². The summed E-state index contributed by atoms with van der Waals surface area (Å²) < 4.78 is 2.36. The first-order valence-electron chi connectivity index (χ1n) is 14.4. The van der Waals surface area contributed by atoms with Crippen LogP contribution in [0.5, 0.6) is 0 Å². The third-order valence-corrected chi connectivity index (χ3v) is 9.41. The van der Waals surface area contributed by atoms with Crippen molar-refractivity contribution in [3.63, 3.8) is 0 Å². The molecule has 2 saturated carbocycles. The molecule has 0 radical (unpaired) electrons. The Labute approximate surface area is 239 Å². The molecule has 3 fully saturated rings. The van der Waals surface area contributed by atoms with Gasteiger partial charge in [0, 0.05) is 24.7 Å². The van der Waals surface area contributed by atoms with Gasteiger partial charge in [0.05, 0.1) is 24.0 Å². The zero-order valence-corrected chi connectivity index (χ0v) is 24.2. The van der Waals surface area contributed by atoms with Crippen LogP contribution in [0.4, 0.5) is 0 Å². The molecular weight excluding hydrogens is 538 g/mol. The molecule has 0 bridgehead atoms. The number of likely N-dealkylation sites (tertiary alicyclic amines) is 1. The number of carbonyl (C=O) groups is 4. The molecule has 1 saturated heterocycles. The second kappa shape index (κ2) is 12.1. The van der Waals surface area contributed by atoms with E-state index in [0.717, 1.165) is 36.5 Å². The van der Waals surface area contributed by atoms with Crippen molar-refractivity contribution >= 4 is 35.3 Å². The molecule has 0 aromatic carbocycles. The molecule has 0 spiro atoms. The van der Waals surface area contributed by atoms with Gasteiger partial charge in [0.15, 0.2) is 0 Å². The molecule has 2 aliphatic carbocycles. The number of halogens is 1. The Kier molecular flexibility index (Phi) is 9.21. The fourth-order valence-corrected chi connectivity index (χ4v) is 7.09. The normalized spacial score (nSPS) is 24.5. The largest absolute Gasteiger partial charge is 0.384 e. The second-order valence-corrected chi connectivity index (χ2v) is 12.6. The van der Waals surface area contributed by atoms with Gasteiger partial charge >= 0.3 is 0 Å². The zero-order chi connectivity index (χ0) is 29.2. The summed E-state index contributed by atoms with van der Waals surface area (Å²) in [6, 6.07) is -2.35. The molecule has 1 aliphatic heterocycles. The quantitative estimate of drug-likeness (QED) is 0.292. The van der Waals surface area contributed by atoms with E-state index >= 15 is 0 Å². The number of carbonyl (C=O) groups excluding carboxylic acids is 4. The van der Waals surface area contributed by atoms with Crippen LogP contribution in [0.15, 0.2) is 6.20 Å². The lowest BCUT2D eigenvalue weighted by Gasteiger charge is -2.41.